The van der Waals surface area contributed by atoms with Crippen LogP contribution in [0.3, 0.4) is 0 Å². The van der Waals surface area contributed by atoms with Crippen molar-refractivity contribution in [3.8, 4) is 11.5 Å². The molecule has 0 fully saturated rings. The number of ether oxygens (including phenoxy) is 2. The molecule has 0 amide bonds. The van der Waals surface area contributed by atoms with Crippen LogP contribution in [0, 0.1) is 0 Å². The lowest BCUT2D eigenvalue weighted by Gasteiger charge is -2.30. The van der Waals surface area contributed by atoms with Crippen molar-refractivity contribution in [2.75, 3.05) is 0 Å². The van der Waals surface area contributed by atoms with Gasteiger partial charge in [-0.25, -0.2) is 4.79 Å². The van der Waals surface area contributed by atoms with E-state index in [4.69, 9.17) is 13.9 Å². The van der Waals surface area contributed by atoms with Crippen molar-refractivity contribution in [1.82, 2.24) is 0 Å². The number of hydrogen-bond donors (Lipinski definition) is 0. The van der Waals surface area contributed by atoms with Crippen LogP contribution in [0.15, 0.2) is 33.5 Å². The van der Waals surface area contributed by atoms with E-state index in [0.29, 0.717) is 17.1 Å². The molecule has 2 heterocycles. The van der Waals surface area contributed by atoms with Crippen molar-refractivity contribution in [1.29, 1.82) is 0 Å². The minimum atomic E-state index is -0.426. The zero-order valence-corrected chi connectivity index (χ0v) is 12.6. The summed E-state index contributed by atoms with van der Waals surface area (Å²) in [6.07, 6.45) is 3.90. The van der Waals surface area contributed by atoms with E-state index < -0.39 is 5.60 Å². The summed E-state index contributed by atoms with van der Waals surface area (Å²) in [5.74, 6) is 1.29. The van der Waals surface area contributed by atoms with Crippen molar-refractivity contribution in [2.45, 2.75) is 39.4 Å². The third-order valence-corrected chi connectivity index (χ3v) is 3.24. The number of rotatable bonds is 2. The zero-order chi connectivity index (χ0) is 15.2. The molecule has 4 heteroatoms. The molecule has 4 nitrogen and oxygen atoms in total. The van der Waals surface area contributed by atoms with Crippen LogP contribution in [0.4, 0.5) is 0 Å². The van der Waals surface area contributed by atoms with Crippen LogP contribution in [0.1, 0.15) is 33.3 Å². The summed E-state index contributed by atoms with van der Waals surface area (Å²) in [6.45, 7) is 7.87. The van der Waals surface area contributed by atoms with Crippen LogP contribution < -0.4 is 15.1 Å². The lowest BCUT2D eigenvalue weighted by molar-refractivity contribution is 0.143. The molecule has 0 radical (unpaired) electrons. The van der Waals surface area contributed by atoms with Gasteiger partial charge in [0.05, 0.1) is 11.7 Å². The van der Waals surface area contributed by atoms with Crippen LogP contribution in [-0.4, -0.2) is 11.7 Å². The fourth-order valence-electron chi connectivity index (χ4n) is 2.37. The highest BCUT2D eigenvalue weighted by atomic mass is 16.5. The van der Waals surface area contributed by atoms with Gasteiger partial charge in [0.15, 0.2) is 11.5 Å². The van der Waals surface area contributed by atoms with Gasteiger partial charge in [-0.2, -0.15) is 0 Å². The lowest BCUT2D eigenvalue weighted by atomic mass is 10.00. The Hall–Kier alpha value is -2.23. The van der Waals surface area contributed by atoms with E-state index >= 15 is 0 Å². The van der Waals surface area contributed by atoms with E-state index in [9.17, 15) is 4.79 Å². The fraction of sp³-hybridized carbons (Fsp3) is 0.353. The maximum absolute atomic E-state index is 11.5. The molecule has 110 valence electrons. The first-order valence-electron chi connectivity index (χ1n) is 7.01. The Morgan fingerprint density at radius 2 is 2.00 bits per heavy atom. The monoisotopic (exact) mass is 286 g/mol. The maximum Gasteiger partial charge on any atom is 0.336 e. The van der Waals surface area contributed by atoms with E-state index in [0.717, 1.165) is 10.9 Å². The molecule has 21 heavy (non-hydrogen) atoms. The summed E-state index contributed by atoms with van der Waals surface area (Å²) in [5.41, 5.74) is 0.478. The Labute approximate surface area is 123 Å². The summed E-state index contributed by atoms with van der Waals surface area (Å²) in [4.78, 5) is 11.5. The van der Waals surface area contributed by atoms with E-state index in [1.165, 1.54) is 6.07 Å². The van der Waals surface area contributed by atoms with Gasteiger partial charge in [-0.05, 0) is 52.0 Å². The predicted octanol–water partition coefficient (Wildman–Crippen LogP) is 3.76. The van der Waals surface area contributed by atoms with Gasteiger partial charge in [0.1, 0.15) is 11.2 Å². The minimum Gasteiger partial charge on any atom is -0.487 e. The molecule has 1 aliphatic rings. The summed E-state index contributed by atoms with van der Waals surface area (Å²) >= 11 is 0. The normalized spacial score (nSPS) is 15.9. The van der Waals surface area contributed by atoms with E-state index in [2.05, 4.69) is 0 Å². The molecule has 0 saturated carbocycles. The second kappa shape index (κ2) is 4.65. The highest BCUT2D eigenvalue weighted by molar-refractivity contribution is 5.91. The smallest absolute Gasteiger partial charge is 0.336 e. The molecule has 3 rings (SSSR count). The Morgan fingerprint density at radius 3 is 2.71 bits per heavy atom. The largest absolute Gasteiger partial charge is 0.487 e. The molecule has 0 N–H and O–H groups in total. The molecule has 0 aliphatic carbocycles. The topological polar surface area (TPSA) is 48.7 Å². The van der Waals surface area contributed by atoms with Gasteiger partial charge in [0, 0.05) is 11.5 Å². The van der Waals surface area contributed by atoms with Gasteiger partial charge in [-0.1, -0.05) is 0 Å². The first-order valence-corrected chi connectivity index (χ1v) is 7.01. The fourth-order valence-corrected chi connectivity index (χ4v) is 2.37. The Balaban J connectivity index is 2.31. The van der Waals surface area contributed by atoms with Crippen molar-refractivity contribution in [3.63, 3.8) is 0 Å². The quantitative estimate of drug-likeness (QED) is 0.789. The van der Waals surface area contributed by atoms with Crippen molar-refractivity contribution < 1.29 is 13.9 Å². The van der Waals surface area contributed by atoms with Crippen molar-refractivity contribution >= 4 is 17.0 Å². The van der Waals surface area contributed by atoms with Crippen LogP contribution >= 0.6 is 0 Å². The van der Waals surface area contributed by atoms with E-state index in [1.807, 2.05) is 45.9 Å². The standard InChI is InChI=1S/C17H18O4/c1-10(2)19-13-9-11-5-6-14(18)20-15(11)12-7-8-17(3,4)21-16(12)13/h5-10H,1-4H3. The second-order valence-electron chi connectivity index (χ2n) is 6.00. The first kappa shape index (κ1) is 13.7. The van der Waals surface area contributed by atoms with Crippen molar-refractivity contribution in [2.24, 2.45) is 0 Å². The molecule has 1 aromatic heterocycles. The molecule has 2 aromatic rings. The summed E-state index contributed by atoms with van der Waals surface area (Å²) in [5, 5.41) is 0.817. The zero-order valence-electron chi connectivity index (χ0n) is 12.6. The van der Waals surface area contributed by atoms with E-state index in [1.54, 1.807) is 6.07 Å². The molecule has 1 aliphatic heterocycles. The predicted molar refractivity (Wildman–Crippen MR) is 82.0 cm³/mol. The average Bonchev–Trinajstić information content (AvgIpc) is 2.38. The Kier molecular flexibility index (Phi) is 3.04. The molecule has 0 spiro atoms. The minimum absolute atomic E-state index is 0.0277. The first-order chi connectivity index (χ1) is 9.85. The van der Waals surface area contributed by atoms with Gasteiger partial charge in [-0.3, -0.25) is 0 Å². The average molecular weight is 286 g/mol. The molecule has 1 aromatic carbocycles. The lowest BCUT2D eigenvalue weighted by Crippen LogP contribution is -2.28. The summed E-state index contributed by atoms with van der Waals surface area (Å²) in [7, 11) is 0. The molecule has 0 atom stereocenters. The molecule has 0 unspecified atom stereocenters. The Morgan fingerprint density at radius 1 is 1.24 bits per heavy atom. The SMILES string of the molecule is CC(C)Oc1cc2ccc(=O)oc2c2c1OC(C)(C)C=C2. The molecular weight excluding hydrogens is 268 g/mol. The van der Waals surface area contributed by atoms with Gasteiger partial charge in [0.25, 0.3) is 0 Å². The van der Waals surface area contributed by atoms with Crippen molar-refractivity contribution in [3.05, 3.63) is 40.3 Å². The summed E-state index contributed by atoms with van der Waals surface area (Å²) < 4.78 is 17.2. The maximum atomic E-state index is 11.5. The van der Waals surface area contributed by atoms with Crippen LogP contribution in [0.25, 0.3) is 17.0 Å². The molecular formula is C17H18O4. The molecule has 0 bridgehead atoms. The third kappa shape index (κ3) is 2.53. The van der Waals surface area contributed by atoms with Gasteiger partial charge in [0.2, 0.25) is 0 Å². The van der Waals surface area contributed by atoms with E-state index in [-0.39, 0.29) is 11.7 Å². The number of benzene rings is 1. The Bertz CT molecular complexity index is 781. The van der Waals surface area contributed by atoms with Crippen LogP contribution in [0.2, 0.25) is 0 Å². The third-order valence-electron chi connectivity index (χ3n) is 3.24. The second-order valence-corrected chi connectivity index (χ2v) is 6.00. The summed E-state index contributed by atoms with van der Waals surface area (Å²) in [6, 6.07) is 5.00. The van der Waals surface area contributed by atoms with Gasteiger partial charge >= 0.3 is 5.63 Å². The molecule has 0 saturated heterocycles. The highest BCUT2D eigenvalue weighted by Gasteiger charge is 2.27. The highest BCUT2D eigenvalue weighted by Crippen LogP contribution is 2.43. The van der Waals surface area contributed by atoms with Gasteiger partial charge < -0.3 is 13.9 Å². The number of fused-ring (bicyclic) bond motifs is 3. The van der Waals surface area contributed by atoms with Gasteiger partial charge in [-0.15, -0.1) is 0 Å². The number of hydrogen-bond acceptors (Lipinski definition) is 4. The van der Waals surface area contributed by atoms with Crippen LogP contribution in [-0.2, 0) is 0 Å². The van der Waals surface area contributed by atoms with Crippen LogP contribution in [0.5, 0.6) is 11.5 Å².